The van der Waals surface area contributed by atoms with Gasteiger partial charge in [-0.1, -0.05) is 36.7 Å². The third-order valence-electron chi connectivity index (χ3n) is 2.58. The van der Waals surface area contributed by atoms with Crippen LogP contribution in [0.2, 0.25) is 0 Å². The first-order valence-corrected chi connectivity index (χ1v) is 6.99. The van der Waals surface area contributed by atoms with Crippen LogP contribution in [0.25, 0.3) is 0 Å². The number of Topliss-reactive ketones (excluding diaryl/α,β-unsaturated/α-hetero) is 1. The van der Waals surface area contributed by atoms with Crippen LogP contribution >= 0.6 is 15.9 Å². The van der Waals surface area contributed by atoms with Crippen molar-refractivity contribution in [3.63, 3.8) is 0 Å². The minimum absolute atomic E-state index is 0.0231. The van der Waals surface area contributed by atoms with Gasteiger partial charge in [0.1, 0.15) is 12.4 Å². The molecule has 0 spiro atoms. The molecule has 0 bridgehead atoms. The number of aliphatic hydroxyl groups excluding tert-OH is 1. The summed E-state index contributed by atoms with van der Waals surface area (Å²) in [6.07, 6.45) is 0. The summed E-state index contributed by atoms with van der Waals surface area (Å²) >= 11 is 3.17. The number of carbonyl (C=O) groups is 1. The number of alkyl halides is 1. The Morgan fingerprint density at radius 3 is 2.50 bits per heavy atom. The van der Waals surface area contributed by atoms with Crippen molar-refractivity contribution in [1.29, 1.82) is 0 Å². The number of rotatable bonds is 5. The molecule has 0 aliphatic carbocycles. The third kappa shape index (κ3) is 4.10. The maximum Gasteiger partial charge on any atom is 0.173 e. The molecule has 0 saturated heterocycles. The Hall–Kier alpha value is -0.870. The van der Waals surface area contributed by atoms with E-state index in [2.05, 4.69) is 36.7 Å². The average molecular weight is 315 g/mol. The van der Waals surface area contributed by atoms with E-state index >= 15 is 0 Å². The van der Waals surface area contributed by atoms with Crippen molar-refractivity contribution in [2.75, 3.05) is 18.5 Å². The zero-order chi connectivity index (χ0) is 13.8. The van der Waals surface area contributed by atoms with Crippen molar-refractivity contribution in [3.05, 3.63) is 29.3 Å². The summed E-state index contributed by atoms with van der Waals surface area (Å²) in [4.78, 5) is 11.8. The highest BCUT2D eigenvalue weighted by Crippen LogP contribution is 2.28. The van der Waals surface area contributed by atoms with Crippen molar-refractivity contribution >= 4 is 21.7 Å². The lowest BCUT2D eigenvalue weighted by molar-refractivity contribution is 0.102. The number of benzene rings is 1. The molecule has 100 valence electrons. The van der Waals surface area contributed by atoms with Gasteiger partial charge in [0.2, 0.25) is 0 Å². The number of aliphatic hydroxyl groups is 1. The van der Waals surface area contributed by atoms with Crippen LogP contribution in [0.3, 0.4) is 0 Å². The summed E-state index contributed by atoms with van der Waals surface area (Å²) in [5.74, 6) is 0.649. The van der Waals surface area contributed by atoms with E-state index in [0.717, 1.165) is 5.56 Å². The molecule has 18 heavy (non-hydrogen) atoms. The van der Waals surface area contributed by atoms with Crippen LogP contribution in [-0.4, -0.2) is 29.4 Å². The molecule has 3 nitrogen and oxygen atoms in total. The largest absolute Gasteiger partial charge is 0.491 e. The molecule has 0 heterocycles. The Morgan fingerprint density at radius 2 is 2.00 bits per heavy atom. The van der Waals surface area contributed by atoms with Crippen LogP contribution in [0.4, 0.5) is 0 Å². The summed E-state index contributed by atoms with van der Waals surface area (Å²) in [5, 5.41) is 9.07. The van der Waals surface area contributed by atoms with Gasteiger partial charge in [-0.2, -0.15) is 0 Å². The Bertz CT molecular complexity index is 422. The van der Waals surface area contributed by atoms with Crippen molar-refractivity contribution in [3.8, 4) is 5.75 Å². The number of ether oxygens (including phenoxy) is 1. The molecule has 0 atom stereocenters. The second-order valence-electron chi connectivity index (χ2n) is 5.12. The Labute approximate surface area is 116 Å². The minimum atomic E-state index is -0.0556. The monoisotopic (exact) mass is 314 g/mol. The van der Waals surface area contributed by atoms with E-state index in [1.54, 1.807) is 6.07 Å². The van der Waals surface area contributed by atoms with Crippen molar-refractivity contribution in [2.24, 2.45) is 0 Å². The molecule has 1 aromatic carbocycles. The van der Waals surface area contributed by atoms with Gasteiger partial charge in [0.25, 0.3) is 0 Å². The van der Waals surface area contributed by atoms with Gasteiger partial charge < -0.3 is 9.84 Å². The van der Waals surface area contributed by atoms with Crippen molar-refractivity contribution in [2.45, 2.75) is 26.2 Å². The SMILES string of the molecule is CC(C)(C)c1cc(OCCO)cc(C(=O)CBr)c1. The highest BCUT2D eigenvalue weighted by atomic mass is 79.9. The van der Waals surface area contributed by atoms with E-state index < -0.39 is 0 Å². The van der Waals surface area contributed by atoms with Crippen LogP contribution in [-0.2, 0) is 5.41 Å². The van der Waals surface area contributed by atoms with Gasteiger partial charge in [-0.05, 0) is 29.2 Å². The number of hydrogen-bond acceptors (Lipinski definition) is 3. The molecule has 1 N–H and O–H groups in total. The fraction of sp³-hybridized carbons (Fsp3) is 0.500. The van der Waals surface area contributed by atoms with Gasteiger partial charge in [-0.3, -0.25) is 4.79 Å². The normalized spacial score (nSPS) is 11.4. The highest BCUT2D eigenvalue weighted by molar-refractivity contribution is 9.09. The van der Waals surface area contributed by atoms with Gasteiger partial charge in [-0.15, -0.1) is 0 Å². The van der Waals surface area contributed by atoms with E-state index in [-0.39, 0.29) is 24.4 Å². The molecule has 0 radical (unpaired) electrons. The van der Waals surface area contributed by atoms with Crippen molar-refractivity contribution in [1.82, 2.24) is 0 Å². The minimum Gasteiger partial charge on any atom is -0.491 e. The van der Waals surface area contributed by atoms with Crippen LogP contribution in [0, 0.1) is 0 Å². The van der Waals surface area contributed by atoms with E-state index in [9.17, 15) is 4.79 Å². The molecule has 0 aliphatic rings. The zero-order valence-electron chi connectivity index (χ0n) is 11.0. The fourth-order valence-electron chi connectivity index (χ4n) is 1.52. The summed E-state index contributed by atoms with van der Waals surface area (Å²) in [6, 6.07) is 5.53. The number of halogens is 1. The van der Waals surface area contributed by atoms with Crippen molar-refractivity contribution < 1.29 is 14.6 Å². The van der Waals surface area contributed by atoms with Gasteiger partial charge in [-0.25, -0.2) is 0 Å². The maximum atomic E-state index is 11.8. The maximum absolute atomic E-state index is 11.8. The van der Waals surface area contributed by atoms with Gasteiger partial charge >= 0.3 is 0 Å². The van der Waals surface area contributed by atoms with Crippen LogP contribution < -0.4 is 4.74 Å². The average Bonchev–Trinajstić information content (AvgIpc) is 2.33. The fourth-order valence-corrected chi connectivity index (χ4v) is 1.84. The van der Waals surface area contributed by atoms with E-state index in [0.29, 0.717) is 16.6 Å². The number of ketones is 1. The second-order valence-corrected chi connectivity index (χ2v) is 5.69. The molecule has 0 saturated carbocycles. The molecular weight excluding hydrogens is 296 g/mol. The standard InChI is InChI=1S/C14H19BrO3/c1-14(2,3)11-6-10(13(17)9-15)7-12(8-11)18-5-4-16/h6-8,16H,4-5,9H2,1-3H3. The molecule has 0 unspecified atom stereocenters. The molecule has 1 aromatic rings. The molecule has 0 aromatic heterocycles. The first kappa shape index (κ1) is 15.2. The summed E-state index contributed by atoms with van der Waals surface area (Å²) < 4.78 is 5.41. The number of carbonyl (C=O) groups excluding carboxylic acids is 1. The summed E-state index contributed by atoms with van der Waals surface area (Å²) in [7, 11) is 0. The van der Waals surface area contributed by atoms with Crippen LogP contribution in [0.1, 0.15) is 36.7 Å². The predicted octanol–water partition coefficient (Wildman–Crippen LogP) is 2.93. The van der Waals surface area contributed by atoms with E-state index in [1.807, 2.05) is 12.1 Å². The van der Waals surface area contributed by atoms with Gasteiger partial charge in [0.15, 0.2) is 5.78 Å². The zero-order valence-corrected chi connectivity index (χ0v) is 12.6. The Balaban J connectivity index is 3.16. The van der Waals surface area contributed by atoms with E-state index in [4.69, 9.17) is 9.84 Å². The second kappa shape index (κ2) is 6.34. The quantitative estimate of drug-likeness (QED) is 0.671. The molecule has 0 fully saturated rings. The molecule has 0 aliphatic heterocycles. The third-order valence-corrected chi connectivity index (χ3v) is 3.09. The molecular formula is C14H19BrO3. The molecule has 4 heteroatoms. The Kier molecular flexibility index (Phi) is 5.35. The van der Waals surface area contributed by atoms with Crippen LogP contribution in [0.5, 0.6) is 5.75 Å². The number of hydrogen-bond donors (Lipinski definition) is 1. The molecule has 1 rings (SSSR count). The summed E-state index contributed by atoms with van der Waals surface area (Å²) in [6.45, 7) is 6.44. The summed E-state index contributed by atoms with van der Waals surface area (Å²) in [5.41, 5.74) is 1.62. The highest BCUT2D eigenvalue weighted by Gasteiger charge is 2.17. The van der Waals surface area contributed by atoms with E-state index in [1.165, 1.54) is 0 Å². The molecule has 0 amide bonds. The first-order chi connectivity index (χ1) is 8.38. The van der Waals surface area contributed by atoms with Gasteiger partial charge in [0, 0.05) is 5.56 Å². The lowest BCUT2D eigenvalue weighted by Gasteiger charge is -2.21. The topological polar surface area (TPSA) is 46.5 Å². The first-order valence-electron chi connectivity index (χ1n) is 5.87. The Morgan fingerprint density at radius 1 is 1.33 bits per heavy atom. The lowest BCUT2D eigenvalue weighted by atomic mass is 9.85. The predicted molar refractivity (Wildman–Crippen MR) is 75.8 cm³/mol. The lowest BCUT2D eigenvalue weighted by Crippen LogP contribution is -2.14. The van der Waals surface area contributed by atoms with Gasteiger partial charge in [0.05, 0.1) is 11.9 Å². The smallest absolute Gasteiger partial charge is 0.173 e. The van der Waals surface area contributed by atoms with Crippen LogP contribution in [0.15, 0.2) is 18.2 Å².